The Kier molecular flexibility index (Phi) is 6.68. The first-order valence-electron chi connectivity index (χ1n) is 11.2. The Morgan fingerprint density at radius 2 is 1.91 bits per heavy atom. The quantitative estimate of drug-likeness (QED) is 0.319. The number of fused-ring (bicyclic) bond motifs is 1. The topological polar surface area (TPSA) is 73.6 Å². The fourth-order valence-electron chi connectivity index (χ4n) is 3.97. The number of nitrogens with one attached hydrogen (secondary N) is 1. The van der Waals surface area contributed by atoms with Crippen LogP contribution in [0.4, 0.5) is 5.82 Å². The van der Waals surface area contributed by atoms with Crippen LogP contribution in [0, 0.1) is 13.8 Å². The SMILES string of the molecule is CCOc1ccc(-c2coc3c(C)c(OC)c(/C(C)=C/C(=O)Nc4ccc(C)cn4)cc23)cc1. The third kappa shape index (κ3) is 4.66. The van der Waals surface area contributed by atoms with Crippen LogP contribution >= 0.6 is 0 Å². The number of hydrogen-bond donors (Lipinski definition) is 1. The van der Waals surface area contributed by atoms with Crippen molar-refractivity contribution in [3.8, 4) is 22.6 Å². The minimum atomic E-state index is -0.257. The normalized spacial score (nSPS) is 11.5. The molecule has 6 heteroatoms. The number of amides is 1. The lowest BCUT2D eigenvalue weighted by atomic mass is 9.96. The third-order valence-electron chi connectivity index (χ3n) is 5.66. The van der Waals surface area contributed by atoms with Crippen LogP contribution in [-0.2, 0) is 4.79 Å². The van der Waals surface area contributed by atoms with Crippen LogP contribution in [0.25, 0.3) is 27.7 Å². The maximum Gasteiger partial charge on any atom is 0.249 e. The fraction of sp³-hybridized carbons (Fsp3) is 0.214. The molecule has 1 N–H and O–H groups in total. The van der Waals surface area contributed by atoms with Gasteiger partial charge in [-0.25, -0.2) is 4.98 Å². The van der Waals surface area contributed by atoms with Gasteiger partial charge in [0.25, 0.3) is 0 Å². The Bertz CT molecular complexity index is 1350. The van der Waals surface area contributed by atoms with Crippen molar-refractivity contribution >= 4 is 28.3 Å². The summed E-state index contributed by atoms with van der Waals surface area (Å²) >= 11 is 0. The molecule has 0 radical (unpaired) electrons. The molecule has 1 amide bonds. The van der Waals surface area contributed by atoms with Gasteiger partial charge >= 0.3 is 0 Å². The van der Waals surface area contributed by atoms with E-state index in [9.17, 15) is 4.79 Å². The Hall–Kier alpha value is -4.06. The van der Waals surface area contributed by atoms with E-state index in [1.807, 2.05) is 64.1 Å². The zero-order valence-corrected chi connectivity index (χ0v) is 20.1. The number of carbonyl (C=O) groups is 1. The number of nitrogens with zero attached hydrogens (tertiary/aromatic N) is 1. The molecule has 6 nitrogen and oxygen atoms in total. The predicted octanol–water partition coefficient (Wildman–Crippen LogP) is 6.56. The fourth-order valence-corrected chi connectivity index (χ4v) is 3.97. The van der Waals surface area contributed by atoms with Crippen LogP contribution in [0.3, 0.4) is 0 Å². The molecule has 2 aromatic carbocycles. The van der Waals surface area contributed by atoms with Crippen LogP contribution in [0.1, 0.15) is 30.5 Å². The van der Waals surface area contributed by atoms with Crippen LogP contribution in [-0.4, -0.2) is 24.6 Å². The van der Waals surface area contributed by atoms with Gasteiger partial charge in [-0.1, -0.05) is 18.2 Å². The minimum Gasteiger partial charge on any atom is -0.496 e. The first-order chi connectivity index (χ1) is 16.4. The summed E-state index contributed by atoms with van der Waals surface area (Å²) in [5.74, 6) is 1.75. The van der Waals surface area contributed by atoms with Crippen molar-refractivity contribution in [2.24, 2.45) is 0 Å². The van der Waals surface area contributed by atoms with E-state index in [4.69, 9.17) is 13.9 Å². The number of aryl methyl sites for hydroxylation is 2. The Balaban J connectivity index is 1.72. The van der Waals surface area contributed by atoms with Crippen molar-refractivity contribution in [2.75, 3.05) is 19.0 Å². The molecular formula is C28H28N2O4. The first kappa shape index (κ1) is 23.1. The third-order valence-corrected chi connectivity index (χ3v) is 5.66. The minimum absolute atomic E-state index is 0.257. The van der Waals surface area contributed by atoms with E-state index < -0.39 is 0 Å². The lowest BCUT2D eigenvalue weighted by Gasteiger charge is -2.13. The van der Waals surface area contributed by atoms with Crippen molar-refractivity contribution in [1.29, 1.82) is 0 Å². The highest BCUT2D eigenvalue weighted by atomic mass is 16.5. The number of carbonyl (C=O) groups excluding carboxylic acids is 1. The molecule has 0 unspecified atom stereocenters. The lowest BCUT2D eigenvalue weighted by Crippen LogP contribution is -2.10. The van der Waals surface area contributed by atoms with Gasteiger partial charge in [-0.15, -0.1) is 0 Å². The van der Waals surface area contributed by atoms with Gasteiger partial charge in [-0.05, 0) is 68.7 Å². The summed E-state index contributed by atoms with van der Waals surface area (Å²) in [5.41, 5.74) is 6.24. The molecule has 0 atom stereocenters. The van der Waals surface area contributed by atoms with E-state index in [-0.39, 0.29) is 5.91 Å². The van der Waals surface area contributed by atoms with E-state index in [0.29, 0.717) is 18.2 Å². The van der Waals surface area contributed by atoms with E-state index in [1.165, 1.54) is 0 Å². The first-order valence-corrected chi connectivity index (χ1v) is 11.2. The van der Waals surface area contributed by atoms with E-state index in [0.717, 1.165) is 50.1 Å². The Labute approximate surface area is 199 Å². The van der Waals surface area contributed by atoms with Crippen LogP contribution in [0.15, 0.2) is 65.4 Å². The number of rotatable bonds is 7. The predicted molar refractivity (Wildman–Crippen MR) is 135 cm³/mol. The number of hydrogen-bond acceptors (Lipinski definition) is 5. The molecular weight excluding hydrogens is 428 g/mol. The second-order valence-corrected chi connectivity index (χ2v) is 8.10. The zero-order valence-electron chi connectivity index (χ0n) is 20.1. The number of methoxy groups -OCH3 is 1. The Morgan fingerprint density at radius 3 is 2.56 bits per heavy atom. The number of allylic oxidation sites excluding steroid dienone is 1. The van der Waals surface area contributed by atoms with Gasteiger partial charge in [0.15, 0.2) is 0 Å². The van der Waals surface area contributed by atoms with Crippen molar-refractivity contribution in [1.82, 2.24) is 4.98 Å². The van der Waals surface area contributed by atoms with Gasteiger partial charge in [0.2, 0.25) is 5.91 Å². The highest BCUT2D eigenvalue weighted by Gasteiger charge is 2.19. The molecule has 0 bridgehead atoms. The van der Waals surface area contributed by atoms with Crippen LogP contribution in [0.2, 0.25) is 0 Å². The van der Waals surface area contributed by atoms with E-state index >= 15 is 0 Å². The standard InChI is InChI=1S/C28H28N2O4/c1-6-33-21-10-8-20(9-11-21)24-16-34-28-19(4)27(32-5)22(14-23(24)28)18(3)13-26(31)30-25-12-7-17(2)15-29-25/h7-16H,6H2,1-5H3,(H,29,30,31)/b18-13+. The molecule has 4 rings (SSSR count). The lowest BCUT2D eigenvalue weighted by molar-refractivity contribution is -0.111. The number of pyridine rings is 1. The van der Waals surface area contributed by atoms with Crippen LogP contribution in [0.5, 0.6) is 11.5 Å². The second-order valence-electron chi connectivity index (χ2n) is 8.10. The molecule has 174 valence electrons. The second kappa shape index (κ2) is 9.83. The molecule has 0 fully saturated rings. The molecule has 34 heavy (non-hydrogen) atoms. The van der Waals surface area contributed by atoms with Gasteiger partial charge in [-0.3, -0.25) is 4.79 Å². The van der Waals surface area contributed by atoms with Crippen LogP contribution < -0.4 is 14.8 Å². The van der Waals surface area contributed by atoms with Crippen molar-refractivity contribution in [2.45, 2.75) is 27.7 Å². The summed E-state index contributed by atoms with van der Waals surface area (Å²) in [7, 11) is 1.62. The molecule has 0 aliphatic carbocycles. The summed E-state index contributed by atoms with van der Waals surface area (Å²) in [5, 5.41) is 3.76. The summed E-state index contributed by atoms with van der Waals surface area (Å²) < 4.78 is 17.2. The molecule has 4 aromatic rings. The van der Waals surface area contributed by atoms with Crippen molar-refractivity contribution < 1.29 is 18.7 Å². The van der Waals surface area contributed by atoms with Gasteiger partial charge in [0.1, 0.15) is 22.9 Å². The molecule has 0 saturated carbocycles. The number of anilines is 1. The van der Waals surface area contributed by atoms with Crippen molar-refractivity contribution in [3.05, 3.63) is 77.7 Å². The smallest absolute Gasteiger partial charge is 0.249 e. The monoisotopic (exact) mass is 456 g/mol. The van der Waals surface area contributed by atoms with E-state index in [1.54, 1.807) is 31.7 Å². The average molecular weight is 457 g/mol. The number of aromatic nitrogens is 1. The Morgan fingerprint density at radius 1 is 1.15 bits per heavy atom. The highest BCUT2D eigenvalue weighted by Crippen LogP contribution is 2.40. The number of benzene rings is 2. The highest BCUT2D eigenvalue weighted by molar-refractivity contribution is 6.05. The largest absolute Gasteiger partial charge is 0.496 e. The molecule has 2 aromatic heterocycles. The number of furan rings is 1. The van der Waals surface area contributed by atoms with E-state index in [2.05, 4.69) is 10.3 Å². The molecule has 0 saturated heterocycles. The summed E-state index contributed by atoms with van der Waals surface area (Å²) in [6, 6.07) is 13.6. The number of ether oxygens (including phenoxy) is 2. The summed E-state index contributed by atoms with van der Waals surface area (Å²) in [4.78, 5) is 16.9. The van der Waals surface area contributed by atoms with Gasteiger partial charge in [0, 0.05) is 34.3 Å². The zero-order chi connectivity index (χ0) is 24.2. The molecule has 0 aliphatic rings. The maximum atomic E-state index is 12.7. The average Bonchev–Trinajstić information content (AvgIpc) is 3.25. The molecule has 0 aliphatic heterocycles. The van der Waals surface area contributed by atoms with Crippen molar-refractivity contribution in [3.63, 3.8) is 0 Å². The maximum absolute atomic E-state index is 12.7. The summed E-state index contributed by atoms with van der Waals surface area (Å²) in [6.45, 7) is 8.38. The molecule has 2 heterocycles. The van der Waals surface area contributed by atoms with Gasteiger partial charge in [0.05, 0.1) is 20.0 Å². The molecule has 0 spiro atoms. The van der Waals surface area contributed by atoms with Gasteiger partial charge in [-0.2, -0.15) is 0 Å². The van der Waals surface area contributed by atoms with Gasteiger partial charge < -0.3 is 19.2 Å². The summed E-state index contributed by atoms with van der Waals surface area (Å²) in [6.07, 6.45) is 5.03.